The highest BCUT2D eigenvalue weighted by molar-refractivity contribution is 5.36. The quantitative estimate of drug-likeness (QED) is 0.790. The summed E-state index contributed by atoms with van der Waals surface area (Å²) in [6.45, 7) is 4.10. The number of nitrogens with two attached hydrogens (primary N) is 1. The lowest BCUT2D eigenvalue weighted by Gasteiger charge is -2.03. The summed E-state index contributed by atoms with van der Waals surface area (Å²) < 4.78 is 3.82. The molecule has 3 N–H and O–H groups in total. The lowest BCUT2D eigenvalue weighted by atomic mass is 10.4. The Morgan fingerprint density at radius 2 is 2.29 bits per heavy atom. The number of nitrogens with one attached hydrogen (secondary N) is 1. The molecular formula is C11H18N6. The van der Waals surface area contributed by atoms with Gasteiger partial charge in [0, 0.05) is 32.4 Å². The van der Waals surface area contributed by atoms with Gasteiger partial charge in [0.1, 0.15) is 5.82 Å². The van der Waals surface area contributed by atoms with Crippen LogP contribution in [0.2, 0.25) is 0 Å². The molecule has 0 amide bonds. The Kier molecular flexibility index (Phi) is 3.43. The third-order valence-corrected chi connectivity index (χ3v) is 2.53. The molecule has 6 nitrogen and oxygen atoms in total. The van der Waals surface area contributed by atoms with Gasteiger partial charge in [-0.15, -0.1) is 0 Å². The monoisotopic (exact) mass is 234 g/mol. The largest absolute Gasteiger partial charge is 0.365 e. The summed E-state index contributed by atoms with van der Waals surface area (Å²) in [5.41, 5.74) is 7.48. The lowest BCUT2D eigenvalue weighted by molar-refractivity contribution is 0.707. The van der Waals surface area contributed by atoms with Gasteiger partial charge >= 0.3 is 0 Å². The predicted molar refractivity (Wildman–Crippen MR) is 66.6 cm³/mol. The zero-order valence-corrected chi connectivity index (χ0v) is 10.2. The summed E-state index contributed by atoms with van der Waals surface area (Å²) in [6.07, 6.45) is 3.81. The van der Waals surface area contributed by atoms with Crippen LogP contribution in [-0.2, 0) is 20.1 Å². The van der Waals surface area contributed by atoms with E-state index in [1.807, 2.05) is 35.5 Å². The van der Waals surface area contributed by atoms with Crippen LogP contribution >= 0.6 is 0 Å². The maximum atomic E-state index is 5.48. The van der Waals surface area contributed by atoms with Crippen molar-refractivity contribution in [3.8, 4) is 0 Å². The van der Waals surface area contributed by atoms with Crippen LogP contribution in [0.5, 0.6) is 0 Å². The second-order valence-electron chi connectivity index (χ2n) is 4.04. The van der Waals surface area contributed by atoms with Crippen LogP contribution in [0, 0.1) is 6.92 Å². The van der Waals surface area contributed by atoms with E-state index in [1.165, 1.54) is 0 Å². The Morgan fingerprint density at radius 3 is 2.94 bits per heavy atom. The number of hydrogen-bond donors (Lipinski definition) is 2. The summed E-state index contributed by atoms with van der Waals surface area (Å²) in [5, 5.41) is 7.57. The average molecular weight is 234 g/mol. The first kappa shape index (κ1) is 11.7. The number of rotatable bonds is 5. The van der Waals surface area contributed by atoms with E-state index in [-0.39, 0.29) is 0 Å². The minimum Gasteiger partial charge on any atom is -0.365 e. The lowest BCUT2D eigenvalue weighted by Crippen LogP contribution is -2.08. The van der Waals surface area contributed by atoms with E-state index < -0.39 is 0 Å². The van der Waals surface area contributed by atoms with Crippen molar-refractivity contribution in [2.24, 2.45) is 12.8 Å². The third-order valence-electron chi connectivity index (χ3n) is 2.53. The second kappa shape index (κ2) is 5.01. The van der Waals surface area contributed by atoms with Crippen molar-refractivity contribution in [1.82, 2.24) is 19.3 Å². The van der Waals surface area contributed by atoms with Gasteiger partial charge in [-0.05, 0) is 6.92 Å². The van der Waals surface area contributed by atoms with E-state index in [0.29, 0.717) is 13.1 Å². The van der Waals surface area contributed by atoms with Crippen molar-refractivity contribution in [2.45, 2.75) is 20.0 Å². The fourth-order valence-corrected chi connectivity index (χ4v) is 1.73. The maximum absolute atomic E-state index is 5.48. The molecule has 0 saturated heterocycles. The zero-order chi connectivity index (χ0) is 12.3. The molecule has 2 heterocycles. The zero-order valence-electron chi connectivity index (χ0n) is 10.2. The first-order valence-electron chi connectivity index (χ1n) is 5.64. The first-order valence-corrected chi connectivity index (χ1v) is 5.64. The number of aryl methyl sites for hydroxylation is 2. The standard InChI is InChI=1S/C11H18N6/c1-9-5-11(16(2)15-9)13-6-10-7-17(4-3-12)8-14-10/h5,7-8,13H,3-4,6,12H2,1-2H3. The highest BCUT2D eigenvalue weighted by Crippen LogP contribution is 2.09. The fraction of sp³-hybridized carbons (Fsp3) is 0.455. The molecule has 2 aromatic rings. The highest BCUT2D eigenvalue weighted by atomic mass is 15.3. The van der Waals surface area contributed by atoms with Crippen LogP contribution in [0.3, 0.4) is 0 Å². The Hall–Kier alpha value is -1.82. The minimum absolute atomic E-state index is 0.629. The van der Waals surface area contributed by atoms with Gasteiger partial charge in [-0.2, -0.15) is 5.10 Å². The molecule has 0 aromatic carbocycles. The van der Waals surface area contributed by atoms with Crippen molar-refractivity contribution in [1.29, 1.82) is 0 Å². The Labute approximate surface area is 100 Å². The predicted octanol–water partition coefficient (Wildman–Crippen LogP) is 0.496. The molecular weight excluding hydrogens is 216 g/mol. The molecule has 2 rings (SSSR count). The normalized spacial score (nSPS) is 10.8. The Balaban J connectivity index is 1.95. The second-order valence-corrected chi connectivity index (χ2v) is 4.04. The van der Waals surface area contributed by atoms with Gasteiger partial charge in [0.2, 0.25) is 0 Å². The molecule has 0 aliphatic rings. The van der Waals surface area contributed by atoms with Gasteiger partial charge in [-0.25, -0.2) is 4.98 Å². The average Bonchev–Trinajstić information content (AvgIpc) is 2.83. The summed E-state index contributed by atoms with van der Waals surface area (Å²) >= 11 is 0. The number of nitrogens with zero attached hydrogens (tertiary/aromatic N) is 4. The molecule has 2 aromatic heterocycles. The fourth-order valence-electron chi connectivity index (χ4n) is 1.73. The van der Waals surface area contributed by atoms with Crippen LogP contribution in [0.15, 0.2) is 18.6 Å². The van der Waals surface area contributed by atoms with Gasteiger partial charge in [-0.1, -0.05) is 0 Å². The molecule has 0 bridgehead atoms. The molecule has 6 heteroatoms. The number of hydrogen-bond acceptors (Lipinski definition) is 4. The van der Waals surface area contributed by atoms with Crippen molar-refractivity contribution in [2.75, 3.05) is 11.9 Å². The SMILES string of the molecule is Cc1cc(NCc2cn(CCN)cn2)n(C)n1. The summed E-state index contributed by atoms with van der Waals surface area (Å²) in [4.78, 5) is 4.30. The van der Waals surface area contributed by atoms with E-state index in [4.69, 9.17) is 5.73 Å². The number of anilines is 1. The molecule has 0 fully saturated rings. The van der Waals surface area contributed by atoms with E-state index >= 15 is 0 Å². The topological polar surface area (TPSA) is 73.7 Å². The van der Waals surface area contributed by atoms with E-state index in [0.717, 1.165) is 23.8 Å². The molecule has 92 valence electrons. The van der Waals surface area contributed by atoms with Crippen LogP contribution in [0.25, 0.3) is 0 Å². The van der Waals surface area contributed by atoms with Crippen LogP contribution in [-0.4, -0.2) is 25.9 Å². The number of imidazole rings is 1. The Bertz CT molecular complexity index is 484. The molecule has 0 unspecified atom stereocenters. The number of aromatic nitrogens is 4. The molecule has 0 saturated carbocycles. The summed E-state index contributed by atoms with van der Waals surface area (Å²) in [7, 11) is 1.92. The highest BCUT2D eigenvalue weighted by Gasteiger charge is 2.02. The maximum Gasteiger partial charge on any atom is 0.124 e. The van der Waals surface area contributed by atoms with Gasteiger partial charge < -0.3 is 15.6 Å². The van der Waals surface area contributed by atoms with Crippen LogP contribution in [0.4, 0.5) is 5.82 Å². The summed E-state index contributed by atoms with van der Waals surface area (Å²) in [6, 6.07) is 2.01. The van der Waals surface area contributed by atoms with Crippen molar-refractivity contribution in [3.05, 3.63) is 30.0 Å². The molecule has 0 atom stereocenters. The van der Waals surface area contributed by atoms with Crippen LogP contribution < -0.4 is 11.1 Å². The van der Waals surface area contributed by atoms with E-state index in [1.54, 1.807) is 6.33 Å². The van der Waals surface area contributed by atoms with Crippen molar-refractivity contribution >= 4 is 5.82 Å². The van der Waals surface area contributed by atoms with E-state index in [9.17, 15) is 0 Å². The van der Waals surface area contributed by atoms with Crippen molar-refractivity contribution < 1.29 is 0 Å². The van der Waals surface area contributed by atoms with E-state index in [2.05, 4.69) is 15.4 Å². The Morgan fingerprint density at radius 1 is 1.47 bits per heavy atom. The van der Waals surface area contributed by atoms with Gasteiger partial charge in [-0.3, -0.25) is 4.68 Å². The molecule has 0 spiro atoms. The van der Waals surface area contributed by atoms with Gasteiger partial charge in [0.15, 0.2) is 0 Å². The first-order chi connectivity index (χ1) is 8.19. The van der Waals surface area contributed by atoms with Crippen molar-refractivity contribution in [3.63, 3.8) is 0 Å². The minimum atomic E-state index is 0.629. The van der Waals surface area contributed by atoms with Gasteiger partial charge in [0.25, 0.3) is 0 Å². The van der Waals surface area contributed by atoms with Gasteiger partial charge in [0.05, 0.1) is 24.3 Å². The molecule has 0 aliphatic heterocycles. The molecule has 0 aliphatic carbocycles. The summed E-state index contributed by atoms with van der Waals surface area (Å²) in [5.74, 6) is 0.996. The third kappa shape index (κ3) is 2.85. The van der Waals surface area contributed by atoms with Crippen LogP contribution in [0.1, 0.15) is 11.4 Å². The molecule has 17 heavy (non-hydrogen) atoms. The molecule has 0 radical (unpaired) electrons. The smallest absolute Gasteiger partial charge is 0.124 e.